The van der Waals surface area contributed by atoms with Crippen LogP contribution in [-0.2, 0) is 10.0 Å². The highest BCUT2D eigenvalue weighted by Crippen LogP contribution is 2.34. The molecule has 0 atom stereocenters. The predicted molar refractivity (Wildman–Crippen MR) is 142 cm³/mol. The molecular weight excluding hydrogens is 482 g/mol. The second-order valence-corrected chi connectivity index (χ2v) is 10.9. The fourth-order valence-electron chi connectivity index (χ4n) is 4.36. The molecule has 0 bridgehead atoms. The molecule has 8 heteroatoms. The number of hydrogen-bond acceptors (Lipinski definition) is 4. The molecule has 0 radical (unpaired) electrons. The quantitative estimate of drug-likeness (QED) is 0.362. The van der Waals surface area contributed by atoms with E-state index in [1.165, 1.54) is 4.31 Å². The first kappa shape index (κ1) is 23.3. The van der Waals surface area contributed by atoms with E-state index in [4.69, 9.17) is 11.6 Å². The van der Waals surface area contributed by atoms with E-state index in [0.717, 1.165) is 34.9 Å². The average molecular weight is 506 g/mol. The molecule has 1 aromatic heterocycles. The van der Waals surface area contributed by atoms with Gasteiger partial charge in [0.1, 0.15) is 0 Å². The van der Waals surface area contributed by atoms with Crippen LogP contribution in [0.5, 0.6) is 0 Å². The summed E-state index contributed by atoms with van der Waals surface area (Å²) in [7, 11) is -3.33. The topological polar surface area (TPSA) is 79.4 Å². The van der Waals surface area contributed by atoms with Crippen LogP contribution in [0.2, 0.25) is 5.02 Å². The minimum Gasteiger partial charge on any atom is -0.322 e. The van der Waals surface area contributed by atoms with E-state index in [0.29, 0.717) is 34.9 Å². The third-order valence-corrected chi connectivity index (χ3v) is 8.37. The Kier molecular flexibility index (Phi) is 6.45. The minimum atomic E-state index is -3.33. The standard InChI is InChI=1S/C27H24ClN3O3S/c28-25-13-10-21(18-24(25)26-23-7-3-2-6-19(23)14-15-29-26)30-27(32)20-8-11-22(12-9-20)31-16-4-1-5-17-35(31,33)34/h2-3,6-15,18H,1,4-5,16-17H2,(H,30,32). The maximum absolute atomic E-state index is 12.9. The smallest absolute Gasteiger partial charge is 0.255 e. The van der Waals surface area contributed by atoms with Gasteiger partial charge in [0.2, 0.25) is 10.0 Å². The summed E-state index contributed by atoms with van der Waals surface area (Å²) < 4.78 is 26.6. The van der Waals surface area contributed by atoms with Gasteiger partial charge in [-0.15, -0.1) is 0 Å². The molecular formula is C27H24ClN3O3S. The van der Waals surface area contributed by atoms with E-state index >= 15 is 0 Å². The first-order valence-electron chi connectivity index (χ1n) is 11.5. The van der Waals surface area contributed by atoms with Crippen molar-refractivity contribution in [3.63, 3.8) is 0 Å². The van der Waals surface area contributed by atoms with Gasteiger partial charge in [-0.3, -0.25) is 14.1 Å². The van der Waals surface area contributed by atoms with Crippen molar-refractivity contribution in [2.45, 2.75) is 19.3 Å². The number of nitrogens with zero attached hydrogens (tertiary/aromatic N) is 2. The van der Waals surface area contributed by atoms with Crippen molar-refractivity contribution in [1.82, 2.24) is 4.98 Å². The van der Waals surface area contributed by atoms with Gasteiger partial charge >= 0.3 is 0 Å². The molecule has 2 heterocycles. The lowest BCUT2D eigenvalue weighted by molar-refractivity contribution is 0.102. The van der Waals surface area contributed by atoms with Gasteiger partial charge in [0.25, 0.3) is 5.91 Å². The van der Waals surface area contributed by atoms with Crippen LogP contribution >= 0.6 is 11.6 Å². The van der Waals surface area contributed by atoms with E-state index in [1.54, 1.807) is 42.6 Å². The minimum absolute atomic E-state index is 0.152. The van der Waals surface area contributed by atoms with Gasteiger partial charge < -0.3 is 5.32 Å². The predicted octanol–water partition coefficient (Wildman–Crippen LogP) is 6.13. The zero-order chi connectivity index (χ0) is 24.4. The van der Waals surface area contributed by atoms with Crippen molar-refractivity contribution in [2.24, 2.45) is 0 Å². The van der Waals surface area contributed by atoms with Crippen molar-refractivity contribution in [1.29, 1.82) is 0 Å². The largest absolute Gasteiger partial charge is 0.322 e. The number of carbonyl (C=O) groups excluding carboxylic acids is 1. The summed E-state index contributed by atoms with van der Waals surface area (Å²) in [4.78, 5) is 17.5. The van der Waals surface area contributed by atoms with E-state index in [2.05, 4.69) is 10.3 Å². The summed E-state index contributed by atoms with van der Waals surface area (Å²) in [5.74, 6) is -0.144. The molecule has 1 aliphatic heterocycles. The Bertz CT molecular complexity index is 1500. The van der Waals surface area contributed by atoms with Crippen molar-refractivity contribution in [3.05, 3.63) is 89.6 Å². The maximum atomic E-state index is 12.9. The van der Waals surface area contributed by atoms with Gasteiger partial charge in [-0.05, 0) is 66.8 Å². The molecule has 0 unspecified atom stereocenters. The van der Waals surface area contributed by atoms with Crippen LogP contribution in [0.25, 0.3) is 22.0 Å². The van der Waals surface area contributed by atoms with E-state index in [-0.39, 0.29) is 11.7 Å². The Morgan fingerprint density at radius 3 is 2.57 bits per heavy atom. The Morgan fingerprint density at radius 2 is 1.74 bits per heavy atom. The Morgan fingerprint density at radius 1 is 0.943 bits per heavy atom. The normalized spacial score (nSPS) is 15.5. The van der Waals surface area contributed by atoms with Crippen molar-refractivity contribution < 1.29 is 13.2 Å². The fraction of sp³-hybridized carbons (Fsp3) is 0.185. The number of carbonyl (C=O) groups is 1. The Balaban J connectivity index is 1.39. The van der Waals surface area contributed by atoms with Crippen LogP contribution in [0.4, 0.5) is 11.4 Å². The van der Waals surface area contributed by atoms with Gasteiger partial charge in [0.15, 0.2) is 0 Å². The third kappa shape index (κ3) is 4.88. The molecule has 1 amide bonds. The number of sulfonamides is 1. The number of nitrogens with one attached hydrogen (secondary N) is 1. The molecule has 0 saturated carbocycles. The lowest BCUT2D eigenvalue weighted by atomic mass is 10.0. The average Bonchev–Trinajstić information content (AvgIpc) is 3.05. The van der Waals surface area contributed by atoms with Crippen LogP contribution in [0.3, 0.4) is 0 Å². The van der Waals surface area contributed by atoms with Gasteiger partial charge in [-0.1, -0.05) is 42.3 Å². The number of anilines is 2. The first-order valence-corrected chi connectivity index (χ1v) is 13.5. The number of fused-ring (bicyclic) bond motifs is 1. The molecule has 1 aliphatic rings. The van der Waals surface area contributed by atoms with Crippen molar-refractivity contribution in [2.75, 3.05) is 21.9 Å². The molecule has 0 spiro atoms. The van der Waals surface area contributed by atoms with Crippen LogP contribution in [0.1, 0.15) is 29.6 Å². The molecule has 4 aromatic rings. The van der Waals surface area contributed by atoms with Crippen LogP contribution in [0.15, 0.2) is 79.0 Å². The number of pyridine rings is 1. The van der Waals surface area contributed by atoms with E-state index < -0.39 is 10.0 Å². The second kappa shape index (κ2) is 9.68. The van der Waals surface area contributed by atoms with Gasteiger partial charge in [-0.25, -0.2) is 8.42 Å². The number of halogens is 1. The second-order valence-electron chi connectivity index (χ2n) is 8.53. The van der Waals surface area contributed by atoms with E-state index in [9.17, 15) is 13.2 Å². The lowest BCUT2D eigenvalue weighted by Gasteiger charge is -2.22. The summed E-state index contributed by atoms with van der Waals surface area (Å²) in [6.45, 7) is 0.462. The number of aromatic nitrogens is 1. The molecule has 6 nitrogen and oxygen atoms in total. The van der Waals surface area contributed by atoms with Crippen LogP contribution < -0.4 is 9.62 Å². The highest BCUT2D eigenvalue weighted by molar-refractivity contribution is 7.92. The summed E-state index contributed by atoms with van der Waals surface area (Å²) >= 11 is 6.50. The lowest BCUT2D eigenvalue weighted by Crippen LogP contribution is -2.32. The van der Waals surface area contributed by atoms with E-state index in [1.807, 2.05) is 36.4 Å². The van der Waals surface area contributed by atoms with Gasteiger partial charge in [0.05, 0.1) is 22.2 Å². The molecule has 5 rings (SSSR count). The highest BCUT2D eigenvalue weighted by atomic mass is 35.5. The van der Waals surface area contributed by atoms with Gasteiger partial charge in [-0.2, -0.15) is 0 Å². The zero-order valence-corrected chi connectivity index (χ0v) is 20.5. The summed E-state index contributed by atoms with van der Waals surface area (Å²) in [6, 6.07) is 21.8. The number of hydrogen-bond donors (Lipinski definition) is 1. The maximum Gasteiger partial charge on any atom is 0.255 e. The van der Waals surface area contributed by atoms with Crippen LogP contribution in [0, 0.1) is 0 Å². The number of amides is 1. The Hall–Kier alpha value is -3.42. The molecule has 3 aromatic carbocycles. The Labute approximate surface area is 209 Å². The molecule has 1 fully saturated rings. The molecule has 35 heavy (non-hydrogen) atoms. The van der Waals surface area contributed by atoms with Crippen molar-refractivity contribution >= 4 is 49.7 Å². The molecule has 1 N–H and O–H groups in total. The fourth-order valence-corrected chi connectivity index (χ4v) is 6.20. The molecule has 1 saturated heterocycles. The zero-order valence-electron chi connectivity index (χ0n) is 18.9. The van der Waals surface area contributed by atoms with Gasteiger partial charge in [0, 0.05) is 34.9 Å². The SMILES string of the molecule is O=C(Nc1ccc(Cl)c(-c2nccc3ccccc23)c1)c1ccc(N2CCCCCS2(=O)=O)cc1. The molecule has 178 valence electrons. The highest BCUT2D eigenvalue weighted by Gasteiger charge is 2.24. The monoisotopic (exact) mass is 505 g/mol. The molecule has 0 aliphatic carbocycles. The number of rotatable bonds is 4. The summed E-state index contributed by atoms with van der Waals surface area (Å²) in [6.07, 6.45) is 4.14. The first-order chi connectivity index (χ1) is 16.9. The summed E-state index contributed by atoms with van der Waals surface area (Å²) in [5.41, 5.74) is 3.07. The summed E-state index contributed by atoms with van der Waals surface area (Å²) in [5, 5.41) is 5.47. The van der Waals surface area contributed by atoms with Crippen molar-refractivity contribution in [3.8, 4) is 11.3 Å². The number of benzene rings is 3. The van der Waals surface area contributed by atoms with Crippen LogP contribution in [-0.4, -0.2) is 31.6 Å². The third-order valence-electron chi connectivity index (χ3n) is 6.17.